The molecule has 1 atom stereocenters. The van der Waals surface area contributed by atoms with Gasteiger partial charge in [-0.25, -0.2) is 0 Å². The van der Waals surface area contributed by atoms with Gasteiger partial charge in [0.25, 0.3) is 0 Å². The third-order valence-electron chi connectivity index (χ3n) is 2.88. The van der Waals surface area contributed by atoms with E-state index in [0.29, 0.717) is 0 Å². The topological polar surface area (TPSA) is 49.3 Å². The lowest BCUT2D eigenvalue weighted by molar-refractivity contribution is -0.116. The summed E-state index contributed by atoms with van der Waals surface area (Å²) < 4.78 is 0. The first-order valence-electron chi connectivity index (χ1n) is 6.49. The van der Waals surface area contributed by atoms with E-state index >= 15 is 0 Å². The maximum atomic E-state index is 11.6. The number of benzene rings is 2. The highest BCUT2D eigenvalue weighted by molar-refractivity contribution is 5.91. The van der Waals surface area contributed by atoms with Gasteiger partial charge in [0.05, 0.1) is 6.10 Å². The Balaban J connectivity index is 1.82. The molecule has 102 valence electrons. The Labute approximate surface area is 118 Å². The first kappa shape index (κ1) is 14.0. The third kappa shape index (κ3) is 4.37. The monoisotopic (exact) mass is 267 g/mol. The van der Waals surface area contributed by atoms with Gasteiger partial charge in [0, 0.05) is 12.6 Å². The van der Waals surface area contributed by atoms with Crippen LogP contribution in [0.25, 0.3) is 6.08 Å². The standard InChI is InChI=1S/C17H17NO2/c19-16(15-9-5-2-6-10-15)13-18-17(20)12-11-14-7-3-1-4-8-14/h1-12,16,19H,13H2,(H,18,20)/b12-11+/t16-/m1/s1. The number of hydrogen-bond acceptors (Lipinski definition) is 2. The highest BCUT2D eigenvalue weighted by Crippen LogP contribution is 2.10. The SMILES string of the molecule is O=C(/C=C/c1ccccc1)NC[C@@H](O)c1ccccc1. The molecule has 0 aliphatic rings. The van der Waals surface area contributed by atoms with Crippen LogP contribution in [0.3, 0.4) is 0 Å². The number of aliphatic hydroxyl groups is 1. The van der Waals surface area contributed by atoms with Crippen LogP contribution in [-0.4, -0.2) is 17.6 Å². The van der Waals surface area contributed by atoms with E-state index in [1.807, 2.05) is 60.7 Å². The Morgan fingerprint density at radius 3 is 2.30 bits per heavy atom. The lowest BCUT2D eigenvalue weighted by atomic mass is 10.1. The van der Waals surface area contributed by atoms with Crippen LogP contribution in [0.5, 0.6) is 0 Å². The molecule has 0 saturated carbocycles. The predicted molar refractivity (Wildman–Crippen MR) is 79.9 cm³/mol. The van der Waals surface area contributed by atoms with Gasteiger partial charge in [0.1, 0.15) is 0 Å². The average molecular weight is 267 g/mol. The summed E-state index contributed by atoms with van der Waals surface area (Å²) in [6, 6.07) is 18.8. The van der Waals surface area contributed by atoms with Crippen molar-refractivity contribution in [2.75, 3.05) is 6.54 Å². The first-order chi connectivity index (χ1) is 9.75. The fraction of sp³-hybridized carbons (Fsp3) is 0.118. The molecule has 20 heavy (non-hydrogen) atoms. The van der Waals surface area contributed by atoms with Crippen LogP contribution in [0.2, 0.25) is 0 Å². The van der Waals surface area contributed by atoms with Crippen LogP contribution in [0.4, 0.5) is 0 Å². The Morgan fingerprint density at radius 2 is 1.65 bits per heavy atom. The van der Waals surface area contributed by atoms with Gasteiger partial charge < -0.3 is 10.4 Å². The van der Waals surface area contributed by atoms with Crippen molar-refractivity contribution in [3.63, 3.8) is 0 Å². The Morgan fingerprint density at radius 1 is 1.05 bits per heavy atom. The molecule has 2 aromatic carbocycles. The molecule has 2 aromatic rings. The number of carbonyl (C=O) groups excluding carboxylic acids is 1. The molecule has 0 fully saturated rings. The zero-order valence-corrected chi connectivity index (χ0v) is 11.1. The maximum Gasteiger partial charge on any atom is 0.244 e. The number of hydrogen-bond donors (Lipinski definition) is 2. The molecule has 0 saturated heterocycles. The lowest BCUT2D eigenvalue weighted by Gasteiger charge is -2.10. The highest BCUT2D eigenvalue weighted by Gasteiger charge is 2.07. The Hall–Kier alpha value is -2.39. The molecule has 0 aliphatic carbocycles. The van der Waals surface area contributed by atoms with Crippen molar-refractivity contribution < 1.29 is 9.90 Å². The van der Waals surface area contributed by atoms with Crippen LogP contribution >= 0.6 is 0 Å². The van der Waals surface area contributed by atoms with Crippen molar-refractivity contribution in [2.45, 2.75) is 6.10 Å². The van der Waals surface area contributed by atoms with E-state index in [4.69, 9.17) is 0 Å². The van der Waals surface area contributed by atoms with Crippen LogP contribution < -0.4 is 5.32 Å². The van der Waals surface area contributed by atoms with E-state index in [0.717, 1.165) is 11.1 Å². The van der Waals surface area contributed by atoms with Crippen molar-refractivity contribution in [1.29, 1.82) is 0 Å². The molecule has 3 heteroatoms. The zero-order chi connectivity index (χ0) is 14.2. The van der Waals surface area contributed by atoms with Gasteiger partial charge in [-0.05, 0) is 17.2 Å². The second kappa shape index (κ2) is 7.26. The van der Waals surface area contributed by atoms with Gasteiger partial charge in [-0.1, -0.05) is 60.7 Å². The Kier molecular flexibility index (Phi) is 5.09. The highest BCUT2D eigenvalue weighted by atomic mass is 16.3. The number of nitrogens with one attached hydrogen (secondary N) is 1. The van der Waals surface area contributed by atoms with Crippen LogP contribution in [0.1, 0.15) is 17.2 Å². The van der Waals surface area contributed by atoms with Gasteiger partial charge in [-0.15, -0.1) is 0 Å². The van der Waals surface area contributed by atoms with Gasteiger partial charge in [-0.3, -0.25) is 4.79 Å². The average Bonchev–Trinajstić information content (AvgIpc) is 2.52. The molecule has 3 nitrogen and oxygen atoms in total. The summed E-state index contributed by atoms with van der Waals surface area (Å²) in [6.07, 6.45) is 2.52. The molecule has 0 radical (unpaired) electrons. The van der Waals surface area contributed by atoms with Crippen molar-refractivity contribution >= 4 is 12.0 Å². The van der Waals surface area contributed by atoms with Gasteiger partial charge >= 0.3 is 0 Å². The van der Waals surface area contributed by atoms with Gasteiger partial charge in [0.2, 0.25) is 5.91 Å². The van der Waals surface area contributed by atoms with Crippen molar-refractivity contribution in [1.82, 2.24) is 5.32 Å². The van der Waals surface area contributed by atoms with Crippen molar-refractivity contribution in [3.05, 3.63) is 77.9 Å². The minimum atomic E-state index is -0.690. The number of rotatable bonds is 5. The van der Waals surface area contributed by atoms with E-state index < -0.39 is 6.10 Å². The smallest absolute Gasteiger partial charge is 0.244 e. The first-order valence-corrected chi connectivity index (χ1v) is 6.49. The number of aliphatic hydroxyl groups excluding tert-OH is 1. The molecule has 0 spiro atoms. The summed E-state index contributed by atoms with van der Waals surface area (Å²) in [5.41, 5.74) is 1.76. The maximum absolute atomic E-state index is 11.6. The second-order valence-electron chi connectivity index (χ2n) is 4.42. The summed E-state index contributed by atoms with van der Waals surface area (Å²) in [7, 11) is 0. The summed E-state index contributed by atoms with van der Waals surface area (Å²) in [6.45, 7) is 0.196. The molecule has 2 rings (SSSR count). The molecule has 0 aliphatic heterocycles. The Bertz CT molecular complexity index is 564. The summed E-state index contributed by atoms with van der Waals surface area (Å²) in [5.74, 6) is -0.219. The van der Waals surface area contributed by atoms with Gasteiger partial charge in [-0.2, -0.15) is 0 Å². The summed E-state index contributed by atoms with van der Waals surface area (Å²) in [4.78, 5) is 11.6. The molecular formula is C17H17NO2. The molecule has 0 bridgehead atoms. The lowest BCUT2D eigenvalue weighted by Crippen LogP contribution is -2.26. The normalized spacial score (nSPS) is 12.2. The van der Waals surface area contributed by atoms with E-state index in [1.54, 1.807) is 6.08 Å². The zero-order valence-electron chi connectivity index (χ0n) is 11.1. The fourth-order valence-electron chi connectivity index (χ4n) is 1.79. The predicted octanol–water partition coefficient (Wildman–Crippen LogP) is 2.55. The van der Waals surface area contributed by atoms with Crippen LogP contribution in [0.15, 0.2) is 66.7 Å². The summed E-state index contributed by atoms with van der Waals surface area (Å²) >= 11 is 0. The van der Waals surface area contributed by atoms with Crippen molar-refractivity contribution in [3.8, 4) is 0 Å². The molecule has 0 unspecified atom stereocenters. The molecule has 0 aromatic heterocycles. The van der Waals surface area contributed by atoms with E-state index in [2.05, 4.69) is 5.32 Å². The molecule has 2 N–H and O–H groups in total. The third-order valence-corrected chi connectivity index (χ3v) is 2.88. The number of amides is 1. The van der Waals surface area contributed by atoms with Crippen LogP contribution in [0, 0.1) is 0 Å². The second-order valence-corrected chi connectivity index (χ2v) is 4.42. The fourth-order valence-corrected chi connectivity index (χ4v) is 1.79. The minimum Gasteiger partial charge on any atom is -0.387 e. The van der Waals surface area contributed by atoms with E-state index in [1.165, 1.54) is 6.08 Å². The largest absolute Gasteiger partial charge is 0.387 e. The summed E-state index contributed by atoms with van der Waals surface area (Å²) in [5, 5.41) is 12.6. The minimum absolute atomic E-state index is 0.196. The van der Waals surface area contributed by atoms with Crippen molar-refractivity contribution in [2.24, 2.45) is 0 Å². The quantitative estimate of drug-likeness (QED) is 0.818. The molecule has 0 heterocycles. The van der Waals surface area contributed by atoms with E-state index in [-0.39, 0.29) is 12.5 Å². The van der Waals surface area contributed by atoms with Crippen LogP contribution in [-0.2, 0) is 4.79 Å². The van der Waals surface area contributed by atoms with Gasteiger partial charge in [0.15, 0.2) is 0 Å². The molecule has 1 amide bonds. The molecular weight excluding hydrogens is 250 g/mol. The van der Waals surface area contributed by atoms with E-state index in [9.17, 15) is 9.90 Å². The number of carbonyl (C=O) groups is 1.